The standard InChI is InChI=1S/C13H20N2O2S/c1-4-12(13(17)15-8-7-14)6-5-11(3)18-9-10(2)16/h4-6H,1,7-9,14H2,2-3H3,(H,15,17)/b11-5+,12-6+. The highest BCUT2D eigenvalue weighted by Gasteiger charge is 2.03. The van der Waals surface area contributed by atoms with Crippen LogP contribution in [0.15, 0.2) is 35.3 Å². The van der Waals surface area contributed by atoms with E-state index in [0.29, 0.717) is 24.4 Å². The van der Waals surface area contributed by atoms with Crippen molar-refractivity contribution in [3.63, 3.8) is 0 Å². The minimum Gasteiger partial charge on any atom is -0.351 e. The second-order valence-electron chi connectivity index (χ2n) is 3.64. The van der Waals surface area contributed by atoms with Gasteiger partial charge in [0.2, 0.25) is 0 Å². The molecule has 0 aromatic rings. The highest BCUT2D eigenvalue weighted by Crippen LogP contribution is 2.15. The Labute approximate surface area is 112 Å². The lowest BCUT2D eigenvalue weighted by atomic mass is 10.2. The van der Waals surface area contributed by atoms with Gasteiger partial charge in [-0.25, -0.2) is 0 Å². The molecule has 0 heterocycles. The number of thioether (sulfide) groups is 1. The van der Waals surface area contributed by atoms with Gasteiger partial charge in [0.1, 0.15) is 5.78 Å². The van der Waals surface area contributed by atoms with Crippen LogP contribution in [-0.4, -0.2) is 30.5 Å². The molecule has 0 unspecified atom stereocenters. The molecule has 5 heteroatoms. The third kappa shape index (κ3) is 7.86. The molecule has 0 aromatic carbocycles. The molecule has 1 amide bonds. The van der Waals surface area contributed by atoms with Gasteiger partial charge in [-0.15, -0.1) is 11.8 Å². The summed E-state index contributed by atoms with van der Waals surface area (Å²) < 4.78 is 0. The predicted octanol–water partition coefficient (Wildman–Crippen LogP) is 1.40. The number of nitrogens with two attached hydrogens (primary N) is 1. The van der Waals surface area contributed by atoms with E-state index < -0.39 is 0 Å². The molecule has 0 radical (unpaired) electrons. The largest absolute Gasteiger partial charge is 0.351 e. The van der Waals surface area contributed by atoms with Gasteiger partial charge in [0.15, 0.2) is 0 Å². The van der Waals surface area contributed by atoms with Gasteiger partial charge in [-0.2, -0.15) is 0 Å². The first-order valence-electron chi connectivity index (χ1n) is 5.62. The number of hydrogen-bond donors (Lipinski definition) is 2. The van der Waals surface area contributed by atoms with Crippen LogP contribution < -0.4 is 11.1 Å². The maximum absolute atomic E-state index is 11.6. The van der Waals surface area contributed by atoms with E-state index >= 15 is 0 Å². The minimum absolute atomic E-state index is 0.126. The number of amides is 1. The molecule has 0 atom stereocenters. The third-order valence-electron chi connectivity index (χ3n) is 1.91. The number of Topliss-reactive ketones (excluding diaryl/α,β-unsaturated/α-hetero) is 1. The summed E-state index contributed by atoms with van der Waals surface area (Å²) in [5, 5.41) is 2.66. The Kier molecular flexibility index (Phi) is 8.96. The Morgan fingerprint density at radius 1 is 1.33 bits per heavy atom. The van der Waals surface area contributed by atoms with E-state index in [2.05, 4.69) is 11.9 Å². The number of hydrogen-bond acceptors (Lipinski definition) is 4. The van der Waals surface area contributed by atoms with Crippen LogP contribution >= 0.6 is 11.8 Å². The van der Waals surface area contributed by atoms with Gasteiger partial charge >= 0.3 is 0 Å². The zero-order valence-corrected chi connectivity index (χ0v) is 11.7. The zero-order chi connectivity index (χ0) is 14.0. The second-order valence-corrected chi connectivity index (χ2v) is 4.86. The van der Waals surface area contributed by atoms with Crippen molar-refractivity contribution < 1.29 is 9.59 Å². The van der Waals surface area contributed by atoms with E-state index in [1.54, 1.807) is 19.1 Å². The average Bonchev–Trinajstić information content (AvgIpc) is 2.34. The van der Waals surface area contributed by atoms with Gasteiger partial charge in [0.25, 0.3) is 5.91 Å². The van der Waals surface area contributed by atoms with Crippen LogP contribution in [0.3, 0.4) is 0 Å². The first-order valence-corrected chi connectivity index (χ1v) is 6.61. The van der Waals surface area contributed by atoms with Crippen LogP contribution in [0.1, 0.15) is 13.8 Å². The van der Waals surface area contributed by atoms with Crippen LogP contribution in [0, 0.1) is 0 Å². The molecule has 0 saturated carbocycles. The molecule has 0 saturated heterocycles. The molecule has 0 aliphatic rings. The fraction of sp³-hybridized carbons (Fsp3) is 0.385. The van der Waals surface area contributed by atoms with Crippen molar-refractivity contribution in [3.8, 4) is 0 Å². The van der Waals surface area contributed by atoms with Crippen molar-refractivity contribution in [2.45, 2.75) is 13.8 Å². The quantitative estimate of drug-likeness (QED) is 0.515. The molecule has 100 valence electrons. The monoisotopic (exact) mass is 268 g/mol. The van der Waals surface area contributed by atoms with E-state index in [9.17, 15) is 9.59 Å². The maximum Gasteiger partial charge on any atom is 0.251 e. The van der Waals surface area contributed by atoms with Crippen LogP contribution in [0.5, 0.6) is 0 Å². The number of rotatable bonds is 8. The summed E-state index contributed by atoms with van der Waals surface area (Å²) >= 11 is 1.45. The lowest BCUT2D eigenvalue weighted by molar-refractivity contribution is -0.117. The maximum atomic E-state index is 11.6. The summed E-state index contributed by atoms with van der Waals surface area (Å²) in [5.74, 6) is 0.372. The average molecular weight is 268 g/mol. The van der Waals surface area contributed by atoms with Gasteiger partial charge in [0, 0.05) is 18.7 Å². The van der Waals surface area contributed by atoms with E-state index in [1.165, 1.54) is 17.8 Å². The molecule has 0 spiro atoms. The van der Waals surface area contributed by atoms with Gasteiger partial charge in [-0.1, -0.05) is 18.7 Å². The fourth-order valence-electron chi connectivity index (χ4n) is 0.995. The molecule has 0 aliphatic heterocycles. The molecule has 0 aliphatic carbocycles. The van der Waals surface area contributed by atoms with Crippen molar-refractivity contribution >= 4 is 23.5 Å². The summed E-state index contributed by atoms with van der Waals surface area (Å²) in [7, 11) is 0. The van der Waals surface area contributed by atoms with Crippen molar-refractivity contribution in [1.82, 2.24) is 5.32 Å². The van der Waals surface area contributed by atoms with E-state index in [0.717, 1.165) is 4.91 Å². The molecule has 18 heavy (non-hydrogen) atoms. The predicted molar refractivity (Wildman–Crippen MR) is 77.2 cm³/mol. The van der Waals surface area contributed by atoms with Crippen molar-refractivity contribution in [2.75, 3.05) is 18.8 Å². The second kappa shape index (κ2) is 9.67. The minimum atomic E-state index is -0.198. The summed E-state index contributed by atoms with van der Waals surface area (Å²) in [6, 6.07) is 0. The van der Waals surface area contributed by atoms with Crippen LogP contribution in [0.25, 0.3) is 0 Å². The highest BCUT2D eigenvalue weighted by molar-refractivity contribution is 8.03. The number of allylic oxidation sites excluding steroid dienone is 3. The summed E-state index contributed by atoms with van der Waals surface area (Å²) in [5.41, 5.74) is 5.78. The van der Waals surface area contributed by atoms with E-state index in [4.69, 9.17) is 5.73 Å². The topological polar surface area (TPSA) is 72.2 Å². The molecule has 0 aromatic heterocycles. The first kappa shape index (κ1) is 16.7. The molecule has 4 nitrogen and oxygen atoms in total. The molecule has 0 rings (SSSR count). The normalized spacial score (nSPS) is 12.2. The molecule has 0 fully saturated rings. The lowest BCUT2D eigenvalue weighted by Gasteiger charge is -2.03. The number of nitrogens with one attached hydrogen (secondary N) is 1. The van der Waals surface area contributed by atoms with Gasteiger partial charge < -0.3 is 11.1 Å². The molecule has 0 bridgehead atoms. The van der Waals surface area contributed by atoms with E-state index in [-0.39, 0.29) is 11.7 Å². The highest BCUT2D eigenvalue weighted by atomic mass is 32.2. The zero-order valence-electron chi connectivity index (χ0n) is 10.9. The third-order valence-corrected chi connectivity index (χ3v) is 3.05. The van der Waals surface area contributed by atoms with Crippen molar-refractivity contribution in [1.29, 1.82) is 0 Å². The SMILES string of the molecule is C=C/C(=C\C=C(/C)SCC(C)=O)C(=O)NCCN. The first-order chi connectivity index (χ1) is 8.51. The number of carbonyl (C=O) groups is 2. The van der Waals surface area contributed by atoms with E-state index in [1.807, 2.05) is 6.92 Å². The molecule has 3 N–H and O–H groups in total. The Hall–Kier alpha value is -1.33. The number of carbonyl (C=O) groups excluding carboxylic acids is 2. The van der Waals surface area contributed by atoms with Gasteiger partial charge in [-0.05, 0) is 24.8 Å². The van der Waals surface area contributed by atoms with Crippen LogP contribution in [0.4, 0.5) is 0 Å². The van der Waals surface area contributed by atoms with Crippen molar-refractivity contribution in [3.05, 3.63) is 35.3 Å². The smallest absolute Gasteiger partial charge is 0.251 e. The molecular formula is C13H20N2O2S. The summed E-state index contributed by atoms with van der Waals surface area (Å²) in [6.07, 6.45) is 4.97. The molecular weight excluding hydrogens is 248 g/mol. The van der Waals surface area contributed by atoms with Gasteiger partial charge in [-0.3, -0.25) is 9.59 Å². The lowest BCUT2D eigenvalue weighted by Crippen LogP contribution is -2.29. The Morgan fingerprint density at radius 3 is 2.50 bits per heavy atom. The summed E-state index contributed by atoms with van der Waals surface area (Å²) in [6.45, 7) is 7.87. The summed E-state index contributed by atoms with van der Waals surface area (Å²) in [4.78, 5) is 23.4. The Balaban J connectivity index is 4.50. The van der Waals surface area contributed by atoms with Crippen molar-refractivity contribution in [2.24, 2.45) is 5.73 Å². The number of ketones is 1. The van der Waals surface area contributed by atoms with Crippen LogP contribution in [0.2, 0.25) is 0 Å². The Bertz CT molecular complexity index is 373. The fourth-order valence-corrected chi connectivity index (χ4v) is 1.59. The van der Waals surface area contributed by atoms with Crippen LogP contribution in [-0.2, 0) is 9.59 Å². The van der Waals surface area contributed by atoms with Gasteiger partial charge in [0.05, 0.1) is 5.75 Å². The Morgan fingerprint density at radius 2 is 2.00 bits per heavy atom.